The van der Waals surface area contributed by atoms with Gasteiger partial charge >= 0.3 is 0 Å². The van der Waals surface area contributed by atoms with Gasteiger partial charge in [-0.05, 0) is 37.7 Å². The number of alkyl halides is 2. The number of rotatable bonds is 5. The average molecular weight is 390 g/mol. The van der Waals surface area contributed by atoms with Crippen molar-refractivity contribution in [2.45, 2.75) is 31.6 Å². The van der Waals surface area contributed by atoms with Gasteiger partial charge in [0.25, 0.3) is 0 Å². The predicted molar refractivity (Wildman–Crippen MR) is 88.6 cm³/mol. The van der Waals surface area contributed by atoms with Gasteiger partial charge in [-0.1, -0.05) is 61.7 Å². The average Bonchev–Trinajstić information content (AvgIpc) is 2.46. The molecule has 1 aliphatic rings. The first kappa shape index (κ1) is 15.5. The summed E-state index contributed by atoms with van der Waals surface area (Å²) in [5.41, 5.74) is 3.00. The summed E-state index contributed by atoms with van der Waals surface area (Å²) in [6.07, 6.45) is 3.64. The molecule has 0 unspecified atom stereocenters. The maximum atomic E-state index is 5.48. The van der Waals surface area contributed by atoms with Crippen LogP contribution in [0.1, 0.15) is 30.4 Å². The van der Waals surface area contributed by atoms with Gasteiger partial charge in [0.05, 0.1) is 0 Å². The highest BCUT2D eigenvalue weighted by atomic mass is 79.9. The molecule has 1 saturated heterocycles. The van der Waals surface area contributed by atoms with Crippen LogP contribution in [-0.2, 0) is 10.2 Å². The Hall–Kier alpha value is 0.140. The molecule has 2 rings (SSSR count). The summed E-state index contributed by atoms with van der Waals surface area (Å²) in [7, 11) is 0. The molecule has 0 bridgehead atoms. The molecule has 1 aromatic carbocycles. The van der Waals surface area contributed by atoms with Gasteiger partial charge in [0, 0.05) is 29.3 Å². The lowest BCUT2D eigenvalue weighted by Crippen LogP contribution is -2.34. The molecule has 1 aromatic rings. The third-order valence-corrected chi connectivity index (χ3v) is 6.31. The Morgan fingerprint density at radius 2 is 1.89 bits per heavy atom. The van der Waals surface area contributed by atoms with E-state index in [1.165, 1.54) is 30.4 Å². The Labute approximate surface area is 133 Å². The lowest BCUT2D eigenvalue weighted by molar-refractivity contribution is 0.0584. The van der Waals surface area contributed by atoms with Gasteiger partial charge in [0.15, 0.2) is 0 Å². The number of aryl methyl sites for hydroxylation is 1. The maximum absolute atomic E-state index is 5.48. The summed E-state index contributed by atoms with van der Waals surface area (Å²) >= 11 is 7.52. The Bertz CT molecular complexity index is 395. The lowest BCUT2D eigenvalue weighted by atomic mass is 9.75. The van der Waals surface area contributed by atoms with Crippen LogP contribution < -0.4 is 0 Å². The summed E-state index contributed by atoms with van der Waals surface area (Å²) in [6.45, 7) is 4.03. The molecule has 0 radical (unpaired) electrons. The van der Waals surface area contributed by atoms with Crippen molar-refractivity contribution >= 4 is 31.9 Å². The minimum absolute atomic E-state index is 0.202. The molecule has 3 heteroatoms. The van der Waals surface area contributed by atoms with E-state index in [9.17, 15) is 0 Å². The third-order valence-electron chi connectivity index (χ3n) is 4.16. The van der Waals surface area contributed by atoms with Crippen molar-refractivity contribution in [1.82, 2.24) is 0 Å². The molecule has 1 nitrogen and oxygen atoms in total. The summed E-state index contributed by atoms with van der Waals surface area (Å²) < 4.78 is 5.48. The van der Waals surface area contributed by atoms with Crippen LogP contribution in [0.4, 0.5) is 0 Å². The van der Waals surface area contributed by atoms with Crippen LogP contribution in [0.2, 0.25) is 0 Å². The van der Waals surface area contributed by atoms with Crippen molar-refractivity contribution in [3.8, 4) is 0 Å². The fourth-order valence-corrected chi connectivity index (χ4v) is 4.93. The smallest absolute Gasteiger partial charge is 0.0468 e. The van der Waals surface area contributed by atoms with Crippen molar-refractivity contribution < 1.29 is 4.74 Å². The van der Waals surface area contributed by atoms with Crippen molar-refractivity contribution in [2.24, 2.45) is 5.92 Å². The van der Waals surface area contributed by atoms with Gasteiger partial charge in [-0.25, -0.2) is 0 Å². The molecule has 0 saturated carbocycles. The second kappa shape index (κ2) is 7.24. The van der Waals surface area contributed by atoms with Crippen LogP contribution in [-0.4, -0.2) is 23.9 Å². The van der Waals surface area contributed by atoms with Crippen molar-refractivity contribution in [2.75, 3.05) is 23.9 Å². The zero-order valence-electron chi connectivity index (χ0n) is 11.5. The minimum Gasteiger partial charge on any atom is -0.381 e. The van der Waals surface area contributed by atoms with Gasteiger partial charge in [0.1, 0.15) is 0 Å². The van der Waals surface area contributed by atoms with Crippen LogP contribution in [0, 0.1) is 12.8 Å². The molecule has 0 aromatic heterocycles. The second-order valence-electron chi connectivity index (χ2n) is 5.68. The molecular weight excluding hydrogens is 368 g/mol. The van der Waals surface area contributed by atoms with E-state index in [1.54, 1.807) is 0 Å². The molecule has 0 aliphatic carbocycles. The van der Waals surface area contributed by atoms with Crippen LogP contribution in [0.25, 0.3) is 0 Å². The first-order valence-electron chi connectivity index (χ1n) is 6.97. The highest BCUT2D eigenvalue weighted by molar-refractivity contribution is 9.09. The number of benzene rings is 1. The van der Waals surface area contributed by atoms with Crippen molar-refractivity contribution in [3.05, 3.63) is 35.4 Å². The fourth-order valence-electron chi connectivity index (χ4n) is 2.90. The Morgan fingerprint density at radius 1 is 1.21 bits per heavy atom. The van der Waals surface area contributed by atoms with E-state index in [0.29, 0.717) is 0 Å². The molecule has 0 amide bonds. The van der Waals surface area contributed by atoms with Gasteiger partial charge < -0.3 is 4.74 Å². The summed E-state index contributed by atoms with van der Waals surface area (Å²) in [4.78, 5) is 0. The zero-order chi connectivity index (χ0) is 13.7. The van der Waals surface area contributed by atoms with Gasteiger partial charge in [-0.15, -0.1) is 0 Å². The largest absolute Gasteiger partial charge is 0.381 e. The summed E-state index contributed by atoms with van der Waals surface area (Å²) in [5, 5.41) is 2.01. The third kappa shape index (κ3) is 3.83. The number of ether oxygens (including phenoxy) is 1. The monoisotopic (exact) mass is 388 g/mol. The van der Waals surface area contributed by atoms with Gasteiger partial charge in [-0.2, -0.15) is 0 Å². The summed E-state index contributed by atoms with van der Waals surface area (Å²) in [5.74, 6) is 0.782. The molecule has 0 spiro atoms. The molecule has 106 valence electrons. The van der Waals surface area contributed by atoms with Crippen LogP contribution in [0.3, 0.4) is 0 Å². The van der Waals surface area contributed by atoms with Crippen molar-refractivity contribution in [3.63, 3.8) is 0 Å². The minimum atomic E-state index is 0.202. The summed E-state index contributed by atoms with van der Waals surface area (Å²) in [6, 6.07) is 8.95. The SMILES string of the molecule is Cc1cccc(C(CBr)(CBr)CC2CCOCC2)c1. The molecular formula is C16H22Br2O. The molecule has 0 atom stereocenters. The lowest BCUT2D eigenvalue weighted by Gasteiger charge is -2.36. The van der Waals surface area contributed by atoms with E-state index in [4.69, 9.17) is 4.74 Å². The molecule has 0 N–H and O–H groups in total. The van der Waals surface area contributed by atoms with E-state index in [0.717, 1.165) is 29.8 Å². The zero-order valence-corrected chi connectivity index (χ0v) is 14.7. The quantitative estimate of drug-likeness (QED) is 0.654. The van der Waals surface area contributed by atoms with Crippen molar-refractivity contribution in [1.29, 1.82) is 0 Å². The Morgan fingerprint density at radius 3 is 2.47 bits per heavy atom. The number of hydrogen-bond acceptors (Lipinski definition) is 1. The van der Waals surface area contributed by atoms with Crippen LogP contribution in [0.5, 0.6) is 0 Å². The predicted octanol–water partition coefficient (Wildman–Crippen LogP) is 4.84. The number of hydrogen-bond donors (Lipinski definition) is 0. The van der Waals surface area contributed by atoms with Crippen LogP contribution in [0.15, 0.2) is 24.3 Å². The Balaban J connectivity index is 2.20. The highest BCUT2D eigenvalue weighted by Gasteiger charge is 2.33. The normalized spacial score (nSPS) is 17.6. The van der Waals surface area contributed by atoms with E-state index >= 15 is 0 Å². The van der Waals surface area contributed by atoms with Gasteiger partial charge in [-0.3, -0.25) is 0 Å². The van der Waals surface area contributed by atoms with E-state index in [1.807, 2.05) is 0 Å². The van der Waals surface area contributed by atoms with E-state index < -0.39 is 0 Å². The first-order chi connectivity index (χ1) is 9.20. The maximum Gasteiger partial charge on any atom is 0.0468 e. The molecule has 1 heterocycles. The molecule has 1 aliphatic heterocycles. The standard InChI is InChI=1S/C16H22Br2O/c1-13-3-2-4-15(9-13)16(11-17,12-18)10-14-5-7-19-8-6-14/h2-4,9,14H,5-8,10-12H2,1H3. The number of halogens is 2. The second-order valence-corrected chi connectivity index (χ2v) is 6.80. The van der Waals surface area contributed by atoms with E-state index in [-0.39, 0.29) is 5.41 Å². The van der Waals surface area contributed by atoms with Gasteiger partial charge in [0.2, 0.25) is 0 Å². The highest BCUT2D eigenvalue weighted by Crippen LogP contribution is 2.38. The topological polar surface area (TPSA) is 9.23 Å². The fraction of sp³-hybridized carbons (Fsp3) is 0.625. The molecule has 1 fully saturated rings. The van der Waals surface area contributed by atoms with E-state index in [2.05, 4.69) is 63.0 Å². The Kier molecular flexibility index (Phi) is 5.91. The first-order valence-corrected chi connectivity index (χ1v) is 9.21. The van der Waals surface area contributed by atoms with Crippen LogP contribution >= 0.6 is 31.9 Å². The molecule has 19 heavy (non-hydrogen) atoms.